The quantitative estimate of drug-likeness (QED) is 0.745. The lowest BCUT2D eigenvalue weighted by atomic mass is 9.96. The maximum Gasteiger partial charge on any atom is 0.130 e. The van der Waals surface area contributed by atoms with Gasteiger partial charge in [-0.1, -0.05) is 36.4 Å². The summed E-state index contributed by atoms with van der Waals surface area (Å²) in [5, 5.41) is 20.4. The van der Waals surface area contributed by atoms with Gasteiger partial charge in [-0.15, -0.1) is 0 Å². The van der Waals surface area contributed by atoms with Crippen LogP contribution in [-0.2, 0) is 0 Å². The number of methoxy groups -OCH3 is 2. The molecule has 3 rings (SSSR count). The van der Waals surface area contributed by atoms with Gasteiger partial charge in [-0.3, -0.25) is 0 Å². The van der Waals surface area contributed by atoms with Crippen LogP contribution < -0.4 is 9.47 Å². The first kappa shape index (κ1) is 15.7. The summed E-state index contributed by atoms with van der Waals surface area (Å²) in [4.78, 5) is 0. The molecule has 0 heterocycles. The van der Waals surface area contributed by atoms with E-state index in [1.165, 1.54) is 0 Å². The van der Waals surface area contributed by atoms with Gasteiger partial charge in [0.25, 0.3) is 0 Å². The molecule has 2 N–H and O–H groups in total. The van der Waals surface area contributed by atoms with E-state index in [1.807, 2.05) is 30.3 Å². The van der Waals surface area contributed by atoms with Crippen LogP contribution in [0.4, 0.5) is 0 Å². The van der Waals surface area contributed by atoms with Gasteiger partial charge in [-0.25, -0.2) is 0 Å². The lowest BCUT2D eigenvalue weighted by Gasteiger charge is -2.16. The van der Waals surface area contributed by atoms with E-state index < -0.39 is 0 Å². The van der Waals surface area contributed by atoms with Crippen molar-refractivity contribution in [2.24, 2.45) is 0 Å². The Morgan fingerprint density at radius 2 is 1.00 bits per heavy atom. The van der Waals surface area contributed by atoms with E-state index in [1.54, 1.807) is 44.6 Å². The monoisotopic (exact) mass is 322 g/mol. The third kappa shape index (κ3) is 2.74. The highest BCUT2D eigenvalue weighted by molar-refractivity contribution is 5.85. The molecule has 3 aromatic carbocycles. The highest BCUT2D eigenvalue weighted by Crippen LogP contribution is 2.44. The zero-order valence-electron chi connectivity index (χ0n) is 13.5. The molecule has 0 aromatic heterocycles. The standard InChI is InChI=1S/C20H18O4/c1-23-19-12-20(24-2)16(14-8-4-6-10-18(14)22)11-15(19)13-7-3-5-9-17(13)21/h3-12,21-22H,1-2H3. The van der Waals surface area contributed by atoms with Crippen molar-refractivity contribution in [2.45, 2.75) is 0 Å². The highest BCUT2D eigenvalue weighted by Gasteiger charge is 2.17. The number of rotatable bonds is 4. The van der Waals surface area contributed by atoms with Gasteiger partial charge < -0.3 is 19.7 Å². The van der Waals surface area contributed by atoms with Crippen LogP contribution in [0.1, 0.15) is 0 Å². The van der Waals surface area contributed by atoms with Crippen molar-refractivity contribution in [3.63, 3.8) is 0 Å². The van der Waals surface area contributed by atoms with Crippen molar-refractivity contribution in [1.29, 1.82) is 0 Å². The van der Waals surface area contributed by atoms with Crippen LogP contribution in [0, 0.1) is 0 Å². The van der Waals surface area contributed by atoms with E-state index >= 15 is 0 Å². The molecule has 0 amide bonds. The fraction of sp³-hybridized carbons (Fsp3) is 0.100. The van der Waals surface area contributed by atoms with Crippen LogP contribution in [-0.4, -0.2) is 24.4 Å². The van der Waals surface area contributed by atoms with E-state index in [-0.39, 0.29) is 11.5 Å². The zero-order chi connectivity index (χ0) is 17.1. The van der Waals surface area contributed by atoms with Crippen molar-refractivity contribution >= 4 is 0 Å². The highest BCUT2D eigenvalue weighted by atomic mass is 16.5. The van der Waals surface area contributed by atoms with E-state index in [0.29, 0.717) is 22.6 Å². The molecule has 0 unspecified atom stereocenters. The number of para-hydroxylation sites is 2. The zero-order valence-corrected chi connectivity index (χ0v) is 13.5. The predicted octanol–water partition coefficient (Wildman–Crippen LogP) is 4.45. The SMILES string of the molecule is COc1cc(OC)c(-c2ccccc2O)cc1-c1ccccc1O. The second-order valence-corrected chi connectivity index (χ2v) is 5.29. The Labute approximate surface area is 140 Å². The van der Waals surface area contributed by atoms with Gasteiger partial charge in [0.1, 0.15) is 23.0 Å². The summed E-state index contributed by atoms with van der Waals surface area (Å²) < 4.78 is 10.9. The van der Waals surface area contributed by atoms with E-state index in [0.717, 1.165) is 11.1 Å². The molecule has 3 aromatic rings. The number of phenolic OH excluding ortho intramolecular Hbond substituents is 2. The Kier molecular flexibility index (Phi) is 4.29. The number of aromatic hydroxyl groups is 2. The van der Waals surface area contributed by atoms with Gasteiger partial charge in [0.15, 0.2) is 0 Å². The van der Waals surface area contributed by atoms with E-state index in [2.05, 4.69) is 0 Å². The van der Waals surface area contributed by atoms with Crippen LogP contribution in [0.25, 0.3) is 22.3 Å². The number of hydrogen-bond donors (Lipinski definition) is 2. The summed E-state index contributed by atoms with van der Waals surface area (Å²) in [6, 6.07) is 17.7. The minimum atomic E-state index is 0.157. The van der Waals surface area contributed by atoms with Crippen LogP contribution in [0.3, 0.4) is 0 Å². The molecule has 4 heteroatoms. The maximum atomic E-state index is 10.2. The molecule has 0 bridgehead atoms. The Hall–Kier alpha value is -3.14. The minimum Gasteiger partial charge on any atom is -0.507 e. The molecule has 0 saturated heterocycles. The van der Waals surface area contributed by atoms with Gasteiger partial charge in [0.2, 0.25) is 0 Å². The summed E-state index contributed by atoms with van der Waals surface area (Å²) in [6.07, 6.45) is 0. The molecule has 24 heavy (non-hydrogen) atoms. The average molecular weight is 322 g/mol. The van der Waals surface area contributed by atoms with Crippen LogP contribution in [0.2, 0.25) is 0 Å². The molecule has 0 atom stereocenters. The summed E-state index contributed by atoms with van der Waals surface area (Å²) in [5.74, 6) is 1.47. The molecule has 0 spiro atoms. The van der Waals surface area contributed by atoms with Gasteiger partial charge >= 0.3 is 0 Å². The smallest absolute Gasteiger partial charge is 0.130 e. The van der Waals surface area contributed by atoms with Gasteiger partial charge in [-0.05, 0) is 18.2 Å². The topological polar surface area (TPSA) is 58.9 Å². The van der Waals surface area contributed by atoms with Crippen LogP contribution >= 0.6 is 0 Å². The Morgan fingerprint density at radius 1 is 0.583 bits per heavy atom. The summed E-state index contributed by atoms with van der Waals surface area (Å²) in [7, 11) is 3.13. The molecule has 0 fully saturated rings. The molecule has 0 radical (unpaired) electrons. The molecular formula is C20H18O4. The molecule has 4 nitrogen and oxygen atoms in total. The summed E-state index contributed by atoms with van der Waals surface area (Å²) in [5.41, 5.74) is 2.73. The number of phenols is 2. The molecule has 0 saturated carbocycles. The predicted molar refractivity (Wildman–Crippen MR) is 93.7 cm³/mol. The fourth-order valence-corrected chi connectivity index (χ4v) is 2.72. The fourth-order valence-electron chi connectivity index (χ4n) is 2.72. The molecule has 0 aliphatic heterocycles. The van der Waals surface area contributed by atoms with Crippen LogP contribution in [0.15, 0.2) is 60.7 Å². The van der Waals surface area contributed by atoms with Gasteiger partial charge in [0, 0.05) is 28.3 Å². The minimum absolute atomic E-state index is 0.157. The Morgan fingerprint density at radius 3 is 1.38 bits per heavy atom. The average Bonchev–Trinajstić information content (AvgIpc) is 2.61. The number of ether oxygens (including phenoxy) is 2. The van der Waals surface area contributed by atoms with Crippen molar-refractivity contribution in [1.82, 2.24) is 0 Å². The second-order valence-electron chi connectivity index (χ2n) is 5.29. The number of benzene rings is 3. The van der Waals surface area contributed by atoms with Crippen molar-refractivity contribution in [3.05, 3.63) is 60.7 Å². The van der Waals surface area contributed by atoms with Gasteiger partial charge in [0.05, 0.1) is 14.2 Å². The largest absolute Gasteiger partial charge is 0.507 e. The molecular weight excluding hydrogens is 304 g/mol. The van der Waals surface area contributed by atoms with Crippen molar-refractivity contribution in [3.8, 4) is 45.3 Å². The summed E-state index contributed by atoms with van der Waals surface area (Å²) >= 11 is 0. The van der Waals surface area contributed by atoms with Crippen molar-refractivity contribution in [2.75, 3.05) is 14.2 Å². The normalized spacial score (nSPS) is 10.4. The Balaban J connectivity index is 2.29. The maximum absolute atomic E-state index is 10.2. The van der Waals surface area contributed by atoms with Crippen LogP contribution in [0.5, 0.6) is 23.0 Å². The first-order valence-electron chi connectivity index (χ1n) is 7.48. The summed E-state index contributed by atoms with van der Waals surface area (Å²) in [6.45, 7) is 0. The van der Waals surface area contributed by atoms with E-state index in [4.69, 9.17) is 9.47 Å². The number of hydrogen-bond acceptors (Lipinski definition) is 4. The second kappa shape index (κ2) is 6.54. The van der Waals surface area contributed by atoms with Crippen molar-refractivity contribution < 1.29 is 19.7 Å². The first-order chi connectivity index (χ1) is 11.7. The Bertz CT molecular complexity index is 803. The third-order valence-electron chi connectivity index (χ3n) is 3.91. The molecule has 0 aliphatic carbocycles. The third-order valence-corrected chi connectivity index (χ3v) is 3.91. The van der Waals surface area contributed by atoms with Gasteiger partial charge in [-0.2, -0.15) is 0 Å². The molecule has 122 valence electrons. The molecule has 0 aliphatic rings. The lowest BCUT2D eigenvalue weighted by molar-refractivity contribution is 0.396. The first-order valence-corrected chi connectivity index (χ1v) is 7.48. The lowest BCUT2D eigenvalue weighted by Crippen LogP contribution is -1.94. The van der Waals surface area contributed by atoms with E-state index in [9.17, 15) is 10.2 Å².